The standard InChI is InChI=1S/C26H18F4N2O3S2/c27-12-6-4-10(5-7-12)16-17-14-9-15(20(17)36-22-21(16)37-25(35)31-22)19-18(14)23(33)32(24(19)34)13-3-1-2-11(8-13)26(28,29)30/h1-8,14-20H,9H2,(H,31,35)/t14?,15?,16-,17?,18?,19?,20?/m1/s1. The largest absolute Gasteiger partial charge is 0.416 e. The summed E-state index contributed by atoms with van der Waals surface area (Å²) in [6.07, 6.45) is -3.94. The Bertz CT molecular complexity index is 1510. The number of anilines is 1. The minimum atomic E-state index is -4.60. The van der Waals surface area contributed by atoms with E-state index in [-0.39, 0.29) is 45.3 Å². The minimum absolute atomic E-state index is 0.0581. The molecule has 6 unspecified atom stereocenters. The second-order valence-corrected chi connectivity index (χ2v) is 12.3. The first-order valence-corrected chi connectivity index (χ1v) is 13.5. The van der Waals surface area contributed by atoms with Gasteiger partial charge < -0.3 is 4.98 Å². The molecule has 0 spiro atoms. The van der Waals surface area contributed by atoms with E-state index in [1.165, 1.54) is 36.0 Å². The second kappa shape index (κ2) is 7.80. The Morgan fingerprint density at radius 1 is 0.946 bits per heavy atom. The molecule has 11 heteroatoms. The number of hydrogen-bond acceptors (Lipinski definition) is 5. The summed E-state index contributed by atoms with van der Waals surface area (Å²) in [5, 5.41) is 0.679. The van der Waals surface area contributed by atoms with Gasteiger partial charge in [0.25, 0.3) is 0 Å². The monoisotopic (exact) mass is 546 g/mol. The molecule has 4 aliphatic rings. The highest BCUT2D eigenvalue weighted by molar-refractivity contribution is 8.00. The van der Waals surface area contributed by atoms with E-state index < -0.39 is 35.4 Å². The van der Waals surface area contributed by atoms with E-state index in [1.54, 1.807) is 12.1 Å². The molecule has 3 aromatic rings. The topological polar surface area (TPSA) is 70.2 Å². The number of nitrogens with zero attached hydrogens (tertiary/aromatic N) is 1. The maximum Gasteiger partial charge on any atom is 0.416 e. The zero-order valence-corrected chi connectivity index (χ0v) is 20.5. The minimum Gasteiger partial charge on any atom is -0.307 e. The van der Waals surface area contributed by atoms with Gasteiger partial charge in [-0.05, 0) is 60.1 Å². The predicted molar refractivity (Wildman–Crippen MR) is 129 cm³/mol. The van der Waals surface area contributed by atoms with Crippen LogP contribution in [0.5, 0.6) is 0 Å². The molecule has 7 atom stereocenters. The zero-order chi connectivity index (χ0) is 25.8. The van der Waals surface area contributed by atoms with Crippen LogP contribution in [0.25, 0.3) is 0 Å². The first-order valence-electron chi connectivity index (χ1n) is 11.8. The Labute approximate surface area is 215 Å². The van der Waals surface area contributed by atoms with Crippen molar-refractivity contribution in [1.29, 1.82) is 0 Å². The SMILES string of the molecule is O=C1C2C3CC(C2C(=O)N1c1cccc(C(F)(F)F)c1)C1C3Sc2[nH]c(=O)sc2[C@@H]1c1ccc(F)cc1. The first-order chi connectivity index (χ1) is 17.6. The Morgan fingerprint density at radius 3 is 2.35 bits per heavy atom. The highest BCUT2D eigenvalue weighted by Gasteiger charge is 2.69. The number of benzene rings is 2. The van der Waals surface area contributed by atoms with Gasteiger partial charge in [-0.3, -0.25) is 19.3 Å². The predicted octanol–water partition coefficient (Wildman–Crippen LogP) is 5.27. The summed E-state index contributed by atoms with van der Waals surface area (Å²) in [5.74, 6) is -3.19. The molecule has 3 fully saturated rings. The molecule has 2 aromatic carbocycles. The van der Waals surface area contributed by atoms with Crippen LogP contribution in [0.1, 0.15) is 28.3 Å². The summed E-state index contributed by atoms with van der Waals surface area (Å²) in [5.41, 5.74) is -0.142. The third kappa shape index (κ3) is 3.26. The van der Waals surface area contributed by atoms with Crippen LogP contribution in [0.4, 0.5) is 23.2 Å². The average Bonchev–Trinajstić information content (AvgIpc) is 3.58. The Morgan fingerprint density at radius 2 is 1.65 bits per heavy atom. The van der Waals surface area contributed by atoms with Crippen LogP contribution in [0.15, 0.2) is 58.4 Å². The number of imide groups is 1. The number of alkyl halides is 3. The van der Waals surface area contributed by atoms with Crippen molar-refractivity contribution in [1.82, 2.24) is 4.98 Å². The van der Waals surface area contributed by atoms with Gasteiger partial charge in [0.05, 0.1) is 28.1 Å². The lowest BCUT2D eigenvalue weighted by molar-refractivity contribution is -0.137. The van der Waals surface area contributed by atoms with Crippen molar-refractivity contribution < 1.29 is 27.2 Å². The third-order valence-corrected chi connectivity index (χ3v) is 11.0. The fourth-order valence-corrected chi connectivity index (χ4v) is 10.0. The van der Waals surface area contributed by atoms with Crippen molar-refractivity contribution in [3.05, 3.63) is 80.0 Å². The average molecular weight is 547 g/mol. The van der Waals surface area contributed by atoms with E-state index >= 15 is 0 Å². The van der Waals surface area contributed by atoms with Crippen LogP contribution in [-0.4, -0.2) is 22.0 Å². The molecule has 2 aliphatic carbocycles. The number of carbonyl (C=O) groups excluding carboxylic acids is 2. The molecule has 7 rings (SSSR count). The number of rotatable bonds is 2. The molecule has 2 saturated carbocycles. The molecule has 37 heavy (non-hydrogen) atoms. The number of fused-ring (bicyclic) bond motifs is 9. The van der Waals surface area contributed by atoms with E-state index in [2.05, 4.69) is 4.98 Å². The van der Waals surface area contributed by atoms with Gasteiger partial charge in [-0.15, -0.1) is 11.8 Å². The smallest absolute Gasteiger partial charge is 0.307 e. The normalized spacial score (nSPS) is 32.0. The summed E-state index contributed by atoms with van der Waals surface area (Å²) < 4.78 is 53.7. The molecule has 2 aliphatic heterocycles. The molecule has 1 aromatic heterocycles. The lowest BCUT2D eigenvalue weighted by Crippen LogP contribution is -2.42. The number of hydrogen-bond donors (Lipinski definition) is 1. The molecular formula is C26H18F4N2O3S2. The lowest BCUT2D eigenvalue weighted by Gasteiger charge is -2.43. The fourth-order valence-electron chi connectivity index (χ4n) is 7.14. The maximum atomic E-state index is 13.7. The molecule has 0 radical (unpaired) electrons. The summed E-state index contributed by atoms with van der Waals surface area (Å²) in [4.78, 5) is 44.0. The summed E-state index contributed by atoms with van der Waals surface area (Å²) in [7, 11) is 0. The third-order valence-electron chi connectivity index (χ3n) is 8.38. The highest BCUT2D eigenvalue weighted by Crippen LogP contribution is 2.68. The molecule has 3 heterocycles. The molecule has 2 amide bonds. The lowest BCUT2D eigenvalue weighted by atomic mass is 9.68. The van der Waals surface area contributed by atoms with Crippen molar-refractivity contribution in [2.75, 3.05) is 4.90 Å². The Hall–Kier alpha value is -2.92. The molecule has 1 saturated heterocycles. The van der Waals surface area contributed by atoms with Gasteiger partial charge in [0.2, 0.25) is 11.8 Å². The van der Waals surface area contributed by atoms with E-state index in [0.29, 0.717) is 6.42 Å². The number of carbonyl (C=O) groups is 2. The number of amides is 2. The van der Waals surface area contributed by atoms with Crippen LogP contribution in [0, 0.1) is 35.4 Å². The van der Waals surface area contributed by atoms with E-state index in [0.717, 1.165) is 43.8 Å². The second-order valence-electron chi connectivity index (χ2n) is 10.1. The van der Waals surface area contributed by atoms with Gasteiger partial charge in [-0.1, -0.05) is 29.5 Å². The summed E-state index contributed by atoms with van der Waals surface area (Å²) in [6.45, 7) is 0. The summed E-state index contributed by atoms with van der Waals surface area (Å²) >= 11 is 2.63. The van der Waals surface area contributed by atoms with Crippen LogP contribution in [-0.2, 0) is 15.8 Å². The Kier molecular flexibility index (Phi) is 4.89. The van der Waals surface area contributed by atoms with E-state index in [9.17, 15) is 31.9 Å². The van der Waals surface area contributed by atoms with Gasteiger partial charge in [0, 0.05) is 16.0 Å². The number of nitrogens with one attached hydrogen (secondary N) is 1. The van der Waals surface area contributed by atoms with Gasteiger partial charge in [-0.25, -0.2) is 4.39 Å². The quantitative estimate of drug-likeness (QED) is 0.351. The number of halogens is 4. The highest BCUT2D eigenvalue weighted by atomic mass is 32.2. The van der Waals surface area contributed by atoms with Crippen LogP contribution >= 0.6 is 23.1 Å². The van der Waals surface area contributed by atoms with Crippen molar-refractivity contribution in [3.8, 4) is 0 Å². The van der Waals surface area contributed by atoms with Gasteiger partial charge in [0.15, 0.2) is 0 Å². The number of H-pyrrole nitrogens is 1. The van der Waals surface area contributed by atoms with E-state index in [1.807, 2.05) is 0 Å². The fraction of sp³-hybridized carbons (Fsp3) is 0.346. The molecule has 190 valence electrons. The number of thiazole rings is 1. The molecule has 5 nitrogen and oxygen atoms in total. The van der Waals surface area contributed by atoms with Crippen molar-refractivity contribution in [2.24, 2.45) is 29.6 Å². The van der Waals surface area contributed by atoms with Crippen LogP contribution in [0.2, 0.25) is 0 Å². The van der Waals surface area contributed by atoms with E-state index in [4.69, 9.17) is 0 Å². The van der Waals surface area contributed by atoms with Gasteiger partial charge >= 0.3 is 11.0 Å². The van der Waals surface area contributed by atoms with Gasteiger partial charge in [0.1, 0.15) is 5.82 Å². The van der Waals surface area contributed by atoms with Crippen molar-refractivity contribution in [2.45, 2.75) is 28.8 Å². The molecule has 2 bridgehead atoms. The number of aromatic amines is 1. The number of aromatic nitrogens is 1. The summed E-state index contributed by atoms with van der Waals surface area (Å²) in [6, 6.07) is 10.5. The van der Waals surface area contributed by atoms with Crippen LogP contribution in [0.3, 0.4) is 0 Å². The first kappa shape index (κ1) is 23.2. The van der Waals surface area contributed by atoms with Crippen LogP contribution < -0.4 is 9.77 Å². The van der Waals surface area contributed by atoms with Crippen molar-refractivity contribution in [3.63, 3.8) is 0 Å². The zero-order valence-electron chi connectivity index (χ0n) is 18.9. The molecular weight excluding hydrogens is 528 g/mol. The van der Waals surface area contributed by atoms with Gasteiger partial charge in [-0.2, -0.15) is 13.2 Å². The molecule has 1 N–H and O–H groups in total. The van der Waals surface area contributed by atoms with Crippen molar-refractivity contribution >= 4 is 40.6 Å². The Balaban J connectivity index is 1.30. The maximum absolute atomic E-state index is 13.7. The number of thioether (sulfide) groups is 1.